The molecule has 6 fully saturated rings. The van der Waals surface area contributed by atoms with E-state index in [9.17, 15) is 48.6 Å². The van der Waals surface area contributed by atoms with E-state index in [2.05, 4.69) is 0 Å². The van der Waals surface area contributed by atoms with Crippen LogP contribution in [0.3, 0.4) is 0 Å². The number of aliphatic hydroxyl groups is 2. The lowest BCUT2D eigenvalue weighted by atomic mass is 9.44. The number of carbonyl (C=O) groups excluding carboxylic acids is 8. The Morgan fingerprint density at radius 1 is 0.611 bits per heavy atom. The van der Waals surface area contributed by atoms with Crippen LogP contribution in [0.25, 0.3) is 0 Å². The van der Waals surface area contributed by atoms with E-state index in [4.69, 9.17) is 30.5 Å². The second-order valence-corrected chi connectivity index (χ2v) is 23.4. The molecule has 0 radical (unpaired) electrons. The molecule has 0 aromatic heterocycles. The molecule has 396 valence electrons. The van der Waals surface area contributed by atoms with Gasteiger partial charge >= 0.3 is 23.9 Å². The molecule has 0 amide bonds. The van der Waals surface area contributed by atoms with E-state index in [0.717, 1.165) is 5.57 Å². The number of rotatable bonds is 12. The number of ether oxygens (including phenoxy) is 4. The summed E-state index contributed by atoms with van der Waals surface area (Å²) in [6.07, 6.45) is 10.5. The van der Waals surface area contributed by atoms with Crippen molar-refractivity contribution in [3.8, 4) is 0 Å². The van der Waals surface area contributed by atoms with E-state index in [1.807, 2.05) is 33.8 Å². The first-order chi connectivity index (χ1) is 33.6. The molecule has 0 bridgehead atoms. The topological polar surface area (TPSA) is 214 Å². The number of alkyl halides is 2. The third kappa shape index (κ3) is 7.80. The van der Waals surface area contributed by atoms with Gasteiger partial charge in [-0.3, -0.25) is 38.4 Å². The first-order valence-electron chi connectivity index (χ1n) is 26.1. The predicted octanol–water partition coefficient (Wildman–Crippen LogP) is 7.90. The van der Waals surface area contributed by atoms with E-state index in [1.165, 1.54) is 18.2 Å². The highest BCUT2D eigenvalue weighted by Crippen LogP contribution is 2.74. The second-order valence-electron chi connectivity index (χ2n) is 22.8. The van der Waals surface area contributed by atoms with Crippen molar-refractivity contribution < 1.29 is 71.9 Å². The highest BCUT2D eigenvalue weighted by molar-refractivity contribution is 6.26. The highest BCUT2D eigenvalue weighted by atomic mass is 35.5. The van der Waals surface area contributed by atoms with Crippen LogP contribution in [-0.4, -0.2) is 104 Å². The Morgan fingerprint density at radius 2 is 1.00 bits per heavy atom. The Balaban J connectivity index is 0.000000211. The minimum absolute atomic E-state index is 0.0430. The zero-order valence-corrected chi connectivity index (χ0v) is 44.3. The Hall–Kier alpha value is -4.34. The van der Waals surface area contributed by atoms with Gasteiger partial charge in [0, 0.05) is 65.1 Å². The lowest BCUT2D eigenvalue weighted by Gasteiger charge is -2.64. The van der Waals surface area contributed by atoms with Crippen LogP contribution in [0, 0.1) is 57.2 Å². The van der Waals surface area contributed by atoms with E-state index in [-0.39, 0.29) is 73.8 Å². The molecule has 0 heterocycles. The summed E-state index contributed by atoms with van der Waals surface area (Å²) in [5.74, 6) is -5.54. The molecular formula is C56H74ClFO14. The lowest BCUT2D eigenvalue weighted by Crippen LogP contribution is -2.70. The number of hydrogen-bond donors (Lipinski definition) is 2. The number of Topliss-reactive ketones (excluding diaryl/α,β-unsaturated/α-hetero) is 2. The van der Waals surface area contributed by atoms with Crippen molar-refractivity contribution in [2.24, 2.45) is 57.2 Å². The van der Waals surface area contributed by atoms with Gasteiger partial charge < -0.3 is 29.2 Å². The maximum atomic E-state index is 17.4. The zero-order valence-electron chi connectivity index (χ0n) is 43.5. The first-order valence-corrected chi connectivity index (χ1v) is 26.4. The maximum absolute atomic E-state index is 17.4. The van der Waals surface area contributed by atoms with Crippen LogP contribution >= 0.6 is 11.6 Å². The molecule has 16 heteroatoms. The van der Waals surface area contributed by atoms with Gasteiger partial charge in [-0.2, -0.15) is 0 Å². The lowest BCUT2D eigenvalue weighted by molar-refractivity contribution is -0.228. The van der Waals surface area contributed by atoms with Gasteiger partial charge in [-0.05, 0) is 100 Å². The van der Waals surface area contributed by atoms with Crippen molar-refractivity contribution in [2.75, 3.05) is 13.2 Å². The normalized spacial score (nSPS) is 43.1. The number of halogens is 2. The standard InChI is InChI=1S/C28H37ClO7.C28H37FO7/c2*1-6-23(33)35-15-22(32)28(36-24(34)7-2)16(3)12-20-19-9-8-17-13-18(30)10-11-25(17,4)27(19,29)21(31)14-26(20,28)5/h2*10-11,13,16,19-21,31H,6-9,12,14-15H2,1-5H3/t2*16-,19-,20-,21-,25-,26-,27-,28-/m00/s1. The summed E-state index contributed by atoms with van der Waals surface area (Å²) in [7, 11) is 0. The number of esters is 4. The summed E-state index contributed by atoms with van der Waals surface area (Å²) >= 11 is 7.48. The van der Waals surface area contributed by atoms with Gasteiger partial charge in [0.25, 0.3) is 0 Å². The molecule has 0 aromatic carbocycles. The first kappa shape index (κ1) is 55.4. The maximum Gasteiger partial charge on any atom is 0.306 e. The molecule has 14 nitrogen and oxygen atoms in total. The molecule has 6 saturated carbocycles. The number of carbonyl (C=O) groups is 8. The van der Waals surface area contributed by atoms with Crippen molar-refractivity contribution in [3.63, 3.8) is 0 Å². The van der Waals surface area contributed by atoms with Crippen LogP contribution in [0.4, 0.5) is 4.39 Å². The number of allylic oxidation sites excluding steroid dienone is 8. The largest absolute Gasteiger partial charge is 0.457 e. The minimum atomic E-state index is -2.05. The van der Waals surface area contributed by atoms with Crippen molar-refractivity contribution in [3.05, 3.63) is 47.6 Å². The van der Waals surface area contributed by atoms with Gasteiger partial charge in [0.1, 0.15) is 0 Å². The summed E-state index contributed by atoms with van der Waals surface area (Å²) in [5.41, 5.74) is -7.53. The Labute approximate surface area is 427 Å². The van der Waals surface area contributed by atoms with Gasteiger partial charge in [0.15, 0.2) is 41.7 Å². The minimum Gasteiger partial charge on any atom is -0.457 e. The van der Waals surface area contributed by atoms with Crippen LogP contribution in [0.2, 0.25) is 0 Å². The number of hydrogen-bond acceptors (Lipinski definition) is 14. The van der Waals surface area contributed by atoms with Crippen LogP contribution in [0.5, 0.6) is 0 Å². The van der Waals surface area contributed by atoms with Crippen molar-refractivity contribution in [2.45, 2.75) is 180 Å². The van der Waals surface area contributed by atoms with Crippen LogP contribution in [0.1, 0.15) is 146 Å². The molecule has 72 heavy (non-hydrogen) atoms. The molecule has 0 spiro atoms. The molecule has 0 unspecified atom stereocenters. The summed E-state index contributed by atoms with van der Waals surface area (Å²) in [4.78, 5) is 99.8. The van der Waals surface area contributed by atoms with E-state index in [0.29, 0.717) is 44.1 Å². The Bertz CT molecular complexity index is 2260. The summed E-state index contributed by atoms with van der Waals surface area (Å²) in [6.45, 7) is 16.7. The molecule has 2 N–H and O–H groups in total. The third-order valence-corrected chi connectivity index (χ3v) is 20.5. The Kier molecular flexibility index (Phi) is 14.9. The van der Waals surface area contributed by atoms with E-state index in [1.54, 1.807) is 53.7 Å². The second kappa shape index (κ2) is 19.4. The fourth-order valence-electron chi connectivity index (χ4n) is 16.0. The van der Waals surface area contributed by atoms with E-state index < -0.39 is 116 Å². The van der Waals surface area contributed by atoms with Crippen LogP contribution < -0.4 is 0 Å². The SMILES string of the molecule is CCC(=O)OCC(=O)[C@@]1(OC(=O)CC)[C@@H](C)C[C@H]2[C@@H]3CCC4=CC(=O)C=C[C@]4(C)[C@@]3(Cl)[C@@H](O)C[C@@]21C.CCC(=O)OCC(=O)[C@@]1(OC(=O)CC)[C@@H](C)C[C@H]2[C@@H]3CCC4=CC(=O)C=C[C@]4(C)[C@@]3(F)[C@@H](O)C[C@@]21C. The number of fused-ring (bicyclic) bond motifs is 10. The molecule has 16 atom stereocenters. The molecule has 0 aliphatic heterocycles. The molecule has 0 aromatic rings. The molecule has 8 rings (SSSR count). The smallest absolute Gasteiger partial charge is 0.306 e. The average Bonchev–Trinajstić information content (AvgIpc) is 3.69. The summed E-state index contributed by atoms with van der Waals surface area (Å²) < 4.78 is 39.8. The van der Waals surface area contributed by atoms with Gasteiger partial charge in [0.2, 0.25) is 11.6 Å². The quantitative estimate of drug-likeness (QED) is 0.108. The van der Waals surface area contributed by atoms with Crippen molar-refractivity contribution in [1.82, 2.24) is 0 Å². The van der Waals surface area contributed by atoms with Crippen LogP contribution in [-0.2, 0) is 57.3 Å². The number of aliphatic hydroxyl groups excluding tert-OH is 2. The third-order valence-electron chi connectivity index (χ3n) is 19.6. The summed E-state index contributed by atoms with van der Waals surface area (Å²) in [6, 6.07) is 0. The molecule has 8 aliphatic carbocycles. The Morgan fingerprint density at radius 3 is 1.44 bits per heavy atom. The summed E-state index contributed by atoms with van der Waals surface area (Å²) in [5, 5.41) is 23.3. The molecular weight excluding hydrogens is 951 g/mol. The van der Waals surface area contributed by atoms with Gasteiger partial charge in [-0.25, -0.2) is 4.39 Å². The van der Waals surface area contributed by atoms with Gasteiger partial charge in [0.05, 0.1) is 17.1 Å². The fraction of sp³-hybridized carbons (Fsp3) is 0.714. The predicted molar refractivity (Wildman–Crippen MR) is 261 cm³/mol. The zero-order chi connectivity index (χ0) is 53.4. The molecule has 0 saturated heterocycles. The van der Waals surface area contributed by atoms with Crippen LogP contribution in [0.15, 0.2) is 47.6 Å². The highest BCUT2D eigenvalue weighted by Gasteiger charge is 2.79. The van der Waals surface area contributed by atoms with Gasteiger partial charge in [-0.1, -0.05) is 85.6 Å². The van der Waals surface area contributed by atoms with Crippen molar-refractivity contribution >= 4 is 58.6 Å². The average molecular weight is 1030 g/mol. The fourth-order valence-corrected chi connectivity index (χ4v) is 16.5. The van der Waals surface area contributed by atoms with E-state index >= 15 is 4.39 Å². The number of ketones is 4. The van der Waals surface area contributed by atoms with Crippen molar-refractivity contribution in [1.29, 1.82) is 0 Å². The molecule has 8 aliphatic rings. The van der Waals surface area contributed by atoms with Gasteiger partial charge in [-0.15, -0.1) is 11.6 Å². The monoisotopic (exact) mass is 1020 g/mol.